The lowest BCUT2D eigenvalue weighted by Gasteiger charge is -2.26. The molecule has 3 aliphatic rings. The summed E-state index contributed by atoms with van der Waals surface area (Å²) in [6.45, 7) is 0.332. The lowest BCUT2D eigenvalue weighted by atomic mass is 9.98. The zero-order chi connectivity index (χ0) is 57.0. The second-order valence-electron chi connectivity index (χ2n) is 20.6. The molecule has 81 heavy (non-hydrogen) atoms. The van der Waals surface area contributed by atoms with Crippen LogP contribution in [-0.2, 0) is 43.0 Å². The average molecular weight is 1100 g/mol. The van der Waals surface area contributed by atoms with Crippen molar-refractivity contribution in [3.05, 3.63) is 179 Å². The van der Waals surface area contributed by atoms with Crippen molar-refractivity contribution in [2.75, 3.05) is 26.4 Å². The van der Waals surface area contributed by atoms with Crippen LogP contribution in [0.3, 0.4) is 0 Å². The second kappa shape index (κ2) is 26.5. The van der Waals surface area contributed by atoms with Gasteiger partial charge in [0.15, 0.2) is 6.29 Å². The largest absolute Gasteiger partial charge is 0.465 e. The van der Waals surface area contributed by atoms with E-state index in [1.165, 1.54) is 0 Å². The van der Waals surface area contributed by atoms with E-state index in [1.54, 1.807) is 0 Å². The topological polar surface area (TPSA) is 294 Å². The number of fused-ring (bicyclic) bond motifs is 9. The standard InChI is InChI=1S/C63H67N7O11/c64-52(33-58(73)80-35-50-45-23-9-3-17-39(45)40-18-4-10-24-46(40)50)60(75)69-55(29-31-57(72)79-34-49-43-21-7-1-15-37(43)38-16-2-8-22-44(38)49)62(77)70-54(61(76)68-53(59(66)74)28-30-56(65)71)27-13-14-32-67-63(78)81-36-51-47-25-11-5-19-41(47)42-20-6-12-26-48(42)51/h1-12,15-26,49-55,58,73H,13-14,27-36,64H2,(H2,65,71)(H2,66,74)(H,67,78)(H,68,76)(H,69,75)(H,70,77)/t52-,53-,54-,55-,58?/m0/s1. The van der Waals surface area contributed by atoms with E-state index in [0.717, 1.165) is 66.8 Å². The van der Waals surface area contributed by atoms with Gasteiger partial charge in [0.25, 0.3) is 0 Å². The van der Waals surface area contributed by atoms with Gasteiger partial charge in [0, 0.05) is 43.6 Å². The molecule has 18 heteroatoms. The number of carbonyl (C=O) groups is 7. The number of carbonyl (C=O) groups excluding carboxylic acids is 7. The van der Waals surface area contributed by atoms with Crippen LogP contribution in [0.15, 0.2) is 146 Å². The Labute approximate surface area is 469 Å². The first-order chi connectivity index (χ1) is 39.2. The molecule has 9 rings (SSSR count). The number of ether oxygens (including phenoxy) is 3. The first-order valence-corrected chi connectivity index (χ1v) is 27.4. The average Bonchev–Trinajstić information content (AvgIpc) is 4.09. The predicted molar refractivity (Wildman–Crippen MR) is 303 cm³/mol. The van der Waals surface area contributed by atoms with Crippen LogP contribution in [0.25, 0.3) is 33.4 Å². The molecule has 0 fully saturated rings. The van der Waals surface area contributed by atoms with Gasteiger partial charge in [-0.2, -0.15) is 0 Å². The second-order valence-corrected chi connectivity index (χ2v) is 20.6. The molecule has 420 valence electrons. The maximum absolute atomic E-state index is 14.5. The van der Waals surface area contributed by atoms with Crippen LogP contribution in [0.1, 0.15) is 103 Å². The maximum Gasteiger partial charge on any atom is 0.407 e. The van der Waals surface area contributed by atoms with Crippen LogP contribution >= 0.6 is 0 Å². The third-order valence-corrected chi connectivity index (χ3v) is 15.4. The summed E-state index contributed by atoms with van der Waals surface area (Å²) in [5.74, 6) is -5.51. The van der Waals surface area contributed by atoms with Crippen LogP contribution in [0.2, 0.25) is 0 Å². The number of esters is 1. The van der Waals surface area contributed by atoms with Gasteiger partial charge in [0.2, 0.25) is 29.5 Å². The van der Waals surface area contributed by atoms with Gasteiger partial charge >= 0.3 is 12.1 Å². The third kappa shape index (κ3) is 13.7. The minimum absolute atomic E-state index is 0.00600. The molecule has 5 atom stereocenters. The van der Waals surface area contributed by atoms with Crippen molar-refractivity contribution in [1.82, 2.24) is 21.3 Å². The third-order valence-electron chi connectivity index (χ3n) is 15.4. The number of primary amides is 2. The summed E-state index contributed by atoms with van der Waals surface area (Å²) < 4.78 is 17.4. The number of amides is 6. The van der Waals surface area contributed by atoms with Crippen molar-refractivity contribution in [3.8, 4) is 33.4 Å². The number of alkyl carbamates (subject to hydrolysis) is 1. The van der Waals surface area contributed by atoms with Crippen molar-refractivity contribution >= 4 is 41.6 Å². The van der Waals surface area contributed by atoms with E-state index in [0.29, 0.717) is 6.42 Å². The molecule has 0 aliphatic heterocycles. The lowest BCUT2D eigenvalue weighted by molar-refractivity contribution is -0.144. The van der Waals surface area contributed by atoms with Gasteiger partial charge in [0.1, 0.15) is 31.3 Å². The van der Waals surface area contributed by atoms with Gasteiger partial charge in [0.05, 0.1) is 12.6 Å². The monoisotopic (exact) mass is 1100 g/mol. The molecule has 3 aliphatic carbocycles. The number of unbranched alkanes of at least 4 members (excludes halogenated alkanes) is 1. The number of hydrogen-bond acceptors (Lipinski definition) is 12. The van der Waals surface area contributed by atoms with E-state index in [2.05, 4.69) is 21.3 Å². The summed E-state index contributed by atoms with van der Waals surface area (Å²) in [5.41, 5.74) is 29.9. The lowest BCUT2D eigenvalue weighted by Crippen LogP contribution is -2.57. The first kappa shape index (κ1) is 57.0. The van der Waals surface area contributed by atoms with E-state index in [-0.39, 0.29) is 89.1 Å². The molecular formula is C63H67N7O11. The maximum atomic E-state index is 14.5. The number of benzene rings is 6. The molecule has 0 radical (unpaired) electrons. The number of rotatable bonds is 27. The van der Waals surface area contributed by atoms with Gasteiger partial charge < -0.3 is 57.8 Å². The molecule has 11 N–H and O–H groups in total. The summed E-state index contributed by atoms with van der Waals surface area (Å²) >= 11 is 0. The molecule has 0 spiro atoms. The zero-order valence-corrected chi connectivity index (χ0v) is 44.7. The molecule has 0 heterocycles. The summed E-state index contributed by atoms with van der Waals surface area (Å²) in [5, 5.41) is 21.7. The molecular weight excluding hydrogens is 1030 g/mol. The summed E-state index contributed by atoms with van der Waals surface area (Å²) in [4.78, 5) is 93.2. The van der Waals surface area contributed by atoms with Crippen molar-refractivity contribution < 1.29 is 52.9 Å². The summed E-state index contributed by atoms with van der Waals surface area (Å²) in [6.07, 6.45) is -3.14. The van der Waals surface area contributed by atoms with Gasteiger partial charge in [-0.15, -0.1) is 0 Å². The Bertz CT molecular complexity index is 3160. The predicted octanol–water partition coefficient (Wildman–Crippen LogP) is 5.90. The van der Waals surface area contributed by atoms with Crippen LogP contribution in [0.5, 0.6) is 0 Å². The van der Waals surface area contributed by atoms with Crippen LogP contribution in [0.4, 0.5) is 4.79 Å². The highest BCUT2D eigenvalue weighted by Gasteiger charge is 2.35. The minimum Gasteiger partial charge on any atom is -0.465 e. The van der Waals surface area contributed by atoms with E-state index in [1.807, 2.05) is 146 Å². The Hall–Kier alpha value is -8.71. The molecule has 0 bridgehead atoms. The molecule has 18 nitrogen and oxygen atoms in total. The number of aliphatic hydroxyl groups is 1. The Kier molecular flexibility index (Phi) is 18.6. The Balaban J connectivity index is 0.849. The quantitative estimate of drug-likeness (QED) is 0.0170. The van der Waals surface area contributed by atoms with E-state index < -0.39 is 72.1 Å². The van der Waals surface area contributed by atoms with Crippen molar-refractivity contribution in [2.24, 2.45) is 17.2 Å². The van der Waals surface area contributed by atoms with Gasteiger partial charge in [-0.05, 0) is 98.9 Å². The fourth-order valence-electron chi connectivity index (χ4n) is 11.2. The van der Waals surface area contributed by atoms with E-state index in [4.69, 9.17) is 31.4 Å². The van der Waals surface area contributed by atoms with Crippen LogP contribution in [-0.4, -0.2) is 104 Å². The molecule has 6 amide bonds. The van der Waals surface area contributed by atoms with E-state index >= 15 is 0 Å². The summed E-state index contributed by atoms with van der Waals surface area (Å²) in [7, 11) is 0. The Morgan fingerprint density at radius 3 is 1.30 bits per heavy atom. The molecule has 0 saturated heterocycles. The Morgan fingerprint density at radius 1 is 0.469 bits per heavy atom. The normalized spacial score (nSPS) is 14.7. The minimum atomic E-state index is -1.49. The smallest absolute Gasteiger partial charge is 0.407 e. The van der Waals surface area contributed by atoms with Crippen LogP contribution < -0.4 is 38.5 Å². The molecule has 1 unspecified atom stereocenters. The highest BCUT2D eigenvalue weighted by Crippen LogP contribution is 2.47. The van der Waals surface area contributed by atoms with Crippen LogP contribution in [0, 0.1) is 0 Å². The van der Waals surface area contributed by atoms with E-state index in [9.17, 15) is 38.7 Å². The van der Waals surface area contributed by atoms with Crippen molar-refractivity contribution in [2.45, 2.75) is 99.6 Å². The molecule has 0 saturated carbocycles. The highest BCUT2D eigenvalue weighted by molar-refractivity contribution is 5.95. The highest BCUT2D eigenvalue weighted by atomic mass is 16.6. The van der Waals surface area contributed by atoms with Crippen molar-refractivity contribution in [1.29, 1.82) is 0 Å². The zero-order valence-electron chi connectivity index (χ0n) is 44.7. The fourth-order valence-corrected chi connectivity index (χ4v) is 11.2. The Morgan fingerprint density at radius 2 is 0.852 bits per heavy atom. The summed E-state index contributed by atoms with van der Waals surface area (Å²) in [6, 6.07) is 41.9. The number of nitrogens with two attached hydrogens (primary N) is 3. The number of nitrogens with one attached hydrogen (secondary N) is 4. The first-order valence-electron chi connectivity index (χ1n) is 27.4. The van der Waals surface area contributed by atoms with Gasteiger partial charge in [-0.3, -0.25) is 28.8 Å². The van der Waals surface area contributed by atoms with Gasteiger partial charge in [-0.1, -0.05) is 146 Å². The van der Waals surface area contributed by atoms with Crippen molar-refractivity contribution in [3.63, 3.8) is 0 Å². The molecule has 6 aromatic rings. The number of aliphatic hydroxyl groups excluding tert-OH is 1. The number of hydrogen-bond donors (Lipinski definition) is 8. The fraction of sp³-hybridized carbons (Fsp3) is 0.317. The van der Waals surface area contributed by atoms with Gasteiger partial charge in [-0.25, -0.2) is 4.79 Å². The molecule has 0 aromatic heterocycles. The molecule has 6 aromatic carbocycles. The SMILES string of the molecule is NC(=O)CC[C@H](NC(=O)[C@H](CCCCNC(=O)OCC1c2ccccc2-c2ccccc21)NC(=O)[C@H](CCC(=O)OCC1c2ccccc2-c2ccccc21)NC(=O)[C@@H](N)CC(O)OCC1c2ccccc2-c2ccccc21)C(N)=O.